The van der Waals surface area contributed by atoms with Gasteiger partial charge in [-0.2, -0.15) is 0 Å². The maximum absolute atomic E-state index is 12.4. The molecule has 0 unspecified atom stereocenters. The van der Waals surface area contributed by atoms with E-state index in [0.29, 0.717) is 35.7 Å². The minimum Gasteiger partial charge on any atom is -0.461 e. The largest absolute Gasteiger partial charge is 0.461 e. The number of esters is 1. The monoisotopic (exact) mass is 321 g/mol. The van der Waals surface area contributed by atoms with E-state index in [4.69, 9.17) is 4.74 Å². The number of carbonyl (C=O) groups excluding carboxylic acids is 2. The Hall–Kier alpha value is -1.82. The van der Waals surface area contributed by atoms with Gasteiger partial charge in [-0.25, -0.2) is 4.79 Å². The second-order valence-electron chi connectivity index (χ2n) is 6.00. The summed E-state index contributed by atoms with van der Waals surface area (Å²) in [6.45, 7) is 9.67. The molecule has 128 valence electrons. The maximum Gasteiger partial charge on any atom is 0.355 e. The van der Waals surface area contributed by atoms with Crippen molar-refractivity contribution < 1.29 is 14.3 Å². The fraction of sp³-hybridized carbons (Fsp3) is 0.647. The molecule has 23 heavy (non-hydrogen) atoms. The normalized spacial score (nSPS) is 14.9. The molecular formula is C17H27N3O3. The van der Waals surface area contributed by atoms with Crippen molar-refractivity contribution in [1.29, 1.82) is 0 Å². The number of carbonyl (C=O) groups is 2. The Balaban J connectivity index is 1.89. The maximum atomic E-state index is 12.4. The molecule has 2 rings (SSSR count). The van der Waals surface area contributed by atoms with Crippen molar-refractivity contribution in [3.63, 3.8) is 0 Å². The summed E-state index contributed by atoms with van der Waals surface area (Å²) in [5.41, 5.74) is 2.27. The number of ether oxygens (including phenoxy) is 1. The van der Waals surface area contributed by atoms with E-state index in [0.717, 1.165) is 13.0 Å². The Kier molecular flexibility index (Phi) is 6.21. The van der Waals surface area contributed by atoms with Gasteiger partial charge in [-0.3, -0.25) is 4.79 Å². The van der Waals surface area contributed by atoms with E-state index in [1.54, 1.807) is 20.8 Å². The lowest BCUT2D eigenvalue weighted by Gasteiger charge is -2.14. The van der Waals surface area contributed by atoms with E-state index >= 15 is 0 Å². The average Bonchev–Trinajstić information content (AvgIpc) is 3.12. The van der Waals surface area contributed by atoms with Gasteiger partial charge >= 0.3 is 5.97 Å². The highest BCUT2D eigenvalue weighted by atomic mass is 16.5. The highest BCUT2D eigenvalue weighted by Gasteiger charge is 2.22. The minimum absolute atomic E-state index is 0.131. The standard InChI is InChI=1S/C17H27N3O3/c1-4-23-17(22)15-12(2)14(13(3)19-15)16(21)18-8-7-11-20-9-5-6-10-20/h19H,4-11H2,1-3H3,(H,18,21). The van der Waals surface area contributed by atoms with Crippen molar-refractivity contribution >= 4 is 11.9 Å². The summed E-state index contributed by atoms with van der Waals surface area (Å²) in [6, 6.07) is 0. The molecule has 0 atom stereocenters. The zero-order valence-corrected chi connectivity index (χ0v) is 14.3. The van der Waals surface area contributed by atoms with Gasteiger partial charge in [-0.15, -0.1) is 0 Å². The molecule has 6 heteroatoms. The molecule has 1 saturated heterocycles. The molecule has 0 radical (unpaired) electrons. The van der Waals surface area contributed by atoms with Gasteiger partial charge in [0.15, 0.2) is 0 Å². The van der Waals surface area contributed by atoms with Crippen molar-refractivity contribution in [3.05, 3.63) is 22.5 Å². The van der Waals surface area contributed by atoms with Crippen LogP contribution in [0.2, 0.25) is 0 Å². The summed E-state index contributed by atoms with van der Waals surface area (Å²) in [6.07, 6.45) is 3.51. The predicted octanol–water partition coefficient (Wildman–Crippen LogP) is 2.02. The molecule has 1 aliphatic rings. The average molecular weight is 321 g/mol. The SMILES string of the molecule is CCOC(=O)c1[nH]c(C)c(C(=O)NCCCN2CCCC2)c1C. The van der Waals surface area contributed by atoms with Crippen LogP contribution in [0.1, 0.15) is 58.3 Å². The summed E-state index contributed by atoms with van der Waals surface area (Å²) in [5.74, 6) is -0.547. The van der Waals surface area contributed by atoms with E-state index in [2.05, 4.69) is 15.2 Å². The summed E-state index contributed by atoms with van der Waals surface area (Å²) < 4.78 is 5.00. The smallest absolute Gasteiger partial charge is 0.355 e. The number of aryl methyl sites for hydroxylation is 1. The summed E-state index contributed by atoms with van der Waals surface area (Å²) in [4.78, 5) is 29.6. The number of hydrogen-bond acceptors (Lipinski definition) is 4. The predicted molar refractivity (Wildman–Crippen MR) is 88.8 cm³/mol. The van der Waals surface area contributed by atoms with E-state index in [9.17, 15) is 9.59 Å². The fourth-order valence-electron chi connectivity index (χ4n) is 3.10. The molecule has 1 aliphatic heterocycles. The molecule has 1 aromatic rings. The van der Waals surface area contributed by atoms with E-state index < -0.39 is 5.97 Å². The Morgan fingerprint density at radius 1 is 1.26 bits per heavy atom. The number of hydrogen-bond donors (Lipinski definition) is 2. The third kappa shape index (κ3) is 4.34. The highest BCUT2D eigenvalue weighted by Crippen LogP contribution is 2.18. The van der Waals surface area contributed by atoms with E-state index in [-0.39, 0.29) is 5.91 Å². The van der Waals surface area contributed by atoms with Crippen LogP contribution in [0.4, 0.5) is 0 Å². The zero-order chi connectivity index (χ0) is 16.8. The highest BCUT2D eigenvalue weighted by molar-refractivity contribution is 6.01. The summed E-state index contributed by atoms with van der Waals surface area (Å²) in [5, 5.41) is 2.95. The Morgan fingerprint density at radius 2 is 1.96 bits per heavy atom. The number of nitrogens with zero attached hydrogens (tertiary/aromatic N) is 1. The third-order valence-electron chi connectivity index (χ3n) is 4.28. The number of amides is 1. The first-order valence-electron chi connectivity index (χ1n) is 8.41. The molecule has 1 aromatic heterocycles. The van der Waals surface area contributed by atoms with Crippen molar-refractivity contribution in [2.45, 2.75) is 40.0 Å². The summed E-state index contributed by atoms with van der Waals surface area (Å²) >= 11 is 0. The number of nitrogens with one attached hydrogen (secondary N) is 2. The van der Waals surface area contributed by atoms with Gasteiger partial charge in [0, 0.05) is 12.2 Å². The number of rotatable bonds is 7. The fourth-order valence-corrected chi connectivity index (χ4v) is 3.10. The molecule has 0 bridgehead atoms. The number of aromatic amines is 1. The summed E-state index contributed by atoms with van der Waals surface area (Å²) in [7, 11) is 0. The van der Waals surface area contributed by atoms with Gasteiger partial charge < -0.3 is 19.9 Å². The molecule has 0 aromatic carbocycles. The van der Waals surface area contributed by atoms with Crippen molar-refractivity contribution in [2.24, 2.45) is 0 Å². The molecule has 1 amide bonds. The van der Waals surface area contributed by atoms with Gasteiger partial charge in [0.1, 0.15) is 5.69 Å². The quantitative estimate of drug-likeness (QED) is 0.595. The van der Waals surface area contributed by atoms with Gasteiger partial charge in [0.25, 0.3) is 5.91 Å². The van der Waals surface area contributed by atoms with Crippen LogP contribution in [-0.4, -0.2) is 54.5 Å². The van der Waals surface area contributed by atoms with Crippen LogP contribution >= 0.6 is 0 Å². The topological polar surface area (TPSA) is 74.4 Å². The second-order valence-corrected chi connectivity index (χ2v) is 6.00. The van der Waals surface area contributed by atoms with Crippen LogP contribution in [0.15, 0.2) is 0 Å². The molecular weight excluding hydrogens is 294 g/mol. The van der Waals surface area contributed by atoms with Gasteiger partial charge in [-0.05, 0) is 65.2 Å². The molecule has 6 nitrogen and oxygen atoms in total. The van der Waals surface area contributed by atoms with Crippen molar-refractivity contribution in [1.82, 2.24) is 15.2 Å². The first kappa shape index (κ1) is 17.5. The third-order valence-corrected chi connectivity index (χ3v) is 4.28. The first-order valence-corrected chi connectivity index (χ1v) is 8.41. The number of likely N-dealkylation sites (tertiary alicyclic amines) is 1. The van der Waals surface area contributed by atoms with Crippen LogP contribution in [0, 0.1) is 13.8 Å². The van der Waals surface area contributed by atoms with Crippen LogP contribution in [0.25, 0.3) is 0 Å². The molecule has 2 N–H and O–H groups in total. The van der Waals surface area contributed by atoms with Gasteiger partial charge in [0.2, 0.25) is 0 Å². The van der Waals surface area contributed by atoms with E-state index in [1.165, 1.54) is 25.9 Å². The van der Waals surface area contributed by atoms with Gasteiger partial charge in [-0.1, -0.05) is 0 Å². The number of aromatic nitrogens is 1. The Morgan fingerprint density at radius 3 is 2.61 bits per heavy atom. The Bertz CT molecular complexity index is 560. The van der Waals surface area contributed by atoms with Crippen molar-refractivity contribution in [3.8, 4) is 0 Å². The Labute approximate surface area is 137 Å². The number of H-pyrrole nitrogens is 1. The second kappa shape index (κ2) is 8.15. The molecule has 0 spiro atoms. The van der Waals surface area contributed by atoms with E-state index in [1.807, 2.05) is 0 Å². The van der Waals surface area contributed by atoms with Crippen molar-refractivity contribution in [2.75, 3.05) is 32.8 Å². The molecule has 2 heterocycles. The van der Waals surface area contributed by atoms with Crippen LogP contribution in [0.3, 0.4) is 0 Å². The lowest BCUT2D eigenvalue weighted by Crippen LogP contribution is -2.29. The lowest BCUT2D eigenvalue weighted by molar-refractivity contribution is 0.0519. The first-order chi connectivity index (χ1) is 11.0. The lowest BCUT2D eigenvalue weighted by atomic mass is 10.1. The molecule has 1 fully saturated rings. The van der Waals surface area contributed by atoms with Crippen LogP contribution < -0.4 is 5.32 Å². The van der Waals surface area contributed by atoms with Gasteiger partial charge in [0.05, 0.1) is 12.2 Å². The molecule has 0 saturated carbocycles. The van der Waals surface area contributed by atoms with Crippen LogP contribution in [0.5, 0.6) is 0 Å². The minimum atomic E-state index is -0.416. The van der Waals surface area contributed by atoms with Crippen LogP contribution in [-0.2, 0) is 4.74 Å². The zero-order valence-electron chi connectivity index (χ0n) is 14.3. The molecule has 0 aliphatic carbocycles.